The molecule has 0 aliphatic carbocycles. The van der Waals surface area contributed by atoms with Crippen molar-refractivity contribution in [2.75, 3.05) is 12.3 Å². The molecule has 0 aromatic heterocycles. The van der Waals surface area contributed by atoms with Crippen LogP contribution >= 0.6 is 0 Å². The first-order chi connectivity index (χ1) is 9.02. The molecule has 0 aliphatic heterocycles. The van der Waals surface area contributed by atoms with Gasteiger partial charge in [-0.05, 0) is 30.4 Å². The lowest BCUT2D eigenvalue weighted by Crippen LogP contribution is -2.38. The van der Waals surface area contributed by atoms with E-state index in [2.05, 4.69) is 19.2 Å². The summed E-state index contributed by atoms with van der Waals surface area (Å²) in [5, 5.41) is 12.1. The summed E-state index contributed by atoms with van der Waals surface area (Å²) in [5.74, 6) is 0.408. The van der Waals surface area contributed by atoms with Crippen molar-refractivity contribution in [2.45, 2.75) is 39.2 Å². The summed E-state index contributed by atoms with van der Waals surface area (Å²) in [4.78, 5) is 11.8. The molecule has 4 nitrogen and oxygen atoms in total. The van der Waals surface area contributed by atoms with Crippen LogP contribution in [0.15, 0.2) is 24.3 Å². The molecule has 19 heavy (non-hydrogen) atoms. The highest BCUT2D eigenvalue weighted by Crippen LogP contribution is 2.12. The minimum atomic E-state index is -0.152. The molecule has 0 heterocycles. The van der Waals surface area contributed by atoms with E-state index < -0.39 is 0 Å². The lowest BCUT2D eigenvalue weighted by atomic mass is 10.0. The topological polar surface area (TPSA) is 75.3 Å². The highest BCUT2D eigenvalue weighted by atomic mass is 16.3. The van der Waals surface area contributed by atoms with Crippen LogP contribution in [0, 0.1) is 5.92 Å². The van der Waals surface area contributed by atoms with Gasteiger partial charge >= 0.3 is 0 Å². The number of hydrogen-bond donors (Lipinski definition) is 3. The van der Waals surface area contributed by atoms with E-state index >= 15 is 0 Å². The molecule has 0 bridgehead atoms. The first kappa shape index (κ1) is 15.5. The number of anilines is 1. The highest BCUT2D eigenvalue weighted by molar-refractivity contribution is 5.76. The first-order valence-corrected chi connectivity index (χ1v) is 6.76. The number of carbonyl (C=O) groups excluding carboxylic acids is 1. The third kappa shape index (κ3) is 5.75. The molecule has 1 aromatic carbocycles. The number of para-hydroxylation sites is 1. The number of benzene rings is 1. The Morgan fingerprint density at radius 2 is 2.05 bits per heavy atom. The van der Waals surface area contributed by atoms with Crippen LogP contribution in [0.1, 0.15) is 32.3 Å². The van der Waals surface area contributed by atoms with Gasteiger partial charge in [0.2, 0.25) is 5.91 Å². The number of hydrogen-bond acceptors (Lipinski definition) is 3. The molecule has 4 heteroatoms. The predicted octanol–water partition coefficient (Wildman–Crippen LogP) is 1.72. The van der Waals surface area contributed by atoms with Crippen LogP contribution in [0.5, 0.6) is 0 Å². The van der Waals surface area contributed by atoms with E-state index in [4.69, 9.17) is 5.73 Å². The molecule has 1 amide bonds. The summed E-state index contributed by atoms with van der Waals surface area (Å²) in [6, 6.07) is 7.41. The molecular formula is C15H24N2O2. The number of nitrogens with two attached hydrogens (primary N) is 1. The lowest BCUT2D eigenvalue weighted by Gasteiger charge is -2.18. The Balaban J connectivity index is 2.41. The maximum atomic E-state index is 11.8. The average Bonchev–Trinajstić information content (AvgIpc) is 2.36. The number of carbonyl (C=O) groups is 1. The minimum Gasteiger partial charge on any atom is -0.399 e. The third-order valence-corrected chi connectivity index (χ3v) is 3.02. The minimum absolute atomic E-state index is 0.0165. The van der Waals surface area contributed by atoms with Crippen molar-refractivity contribution < 1.29 is 9.90 Å². The van der Waals surface area contributed by atoms with E-state index in [1.165, 1.54) is 0 Å². The van der Waals surface area contributed by atoms with Crippen LogP contribution in [-0.2, 0) is 11.2 Å². The summed E-state index contributed by atoms with van der Waals surface area (Å²) in [6.07, 6.45) is 1.80. The molecule has 1 atom stereocenters. The van der Waals surface area contributed by atoms with Gasteiger partial charge in [-0.1, -0.05) is 32.0 Å². The molecular weight excluding hydrogens is 240 g/mol. The average molecular weight is 264 g/mol. The van der Waals surface area contributed by atoms with Crippen molar-refractivity contribution in [2.24, 2.45) is 5.92 Å². The van der Waals surface area contributed by atoms with Crippen LogP contribution in [0.4, 0.5) is 5.69 Å². The van der Waals surface area contributed by atoms with Crippen molar-refractivity contribution in [3.63, 3.8) is 0 Å². The quantitative estimate of drug-likeness (QED) is 0.656. The molecule has 1 unspecified atom stereocenters. The lowest BCUT2D eigenvalue weighted by molar-refractivity contribution is -0.122. The van der Waals surface area contributed by atoms with Gasteiger partial charge in [0.1, 0.15) is 0 Å². The Kier molecular flexibility index (Phi) is 6.36. The molecule has 0 saturated heterocycles. The number of aliphatic hydroxyl groups excluding tert-OH is 1. The van der Waals surface area contributed by atoms with Crippen molar-refractivity contribution in [3.05, 3.63) is 29.8 Å². The zero-order valence-electron chi connectivity index (χ0n) is 11.7. The van der Waals surface area contributed by atoms with Gasteiger partial charge in [0.25, 0.3) is 0 Å². The van der Waals surface area contributed by atoms with E-state index in [1.807, 2.05) is 24.3 Å². The van der Waals surface area contributed by atoms with Crippen LogP contribution in [0.2, 0.25) is 0 Å². The SMILES string of the molecule is CC(C)CC(CO)NC(=O)CCc1ccccc1N. The van der Waals surface area contributed by atoms with Gasteiger partial charge in [-0.15, -0.1) is 0 Å². The van der Waals surface area contributed by atoms with E-state index in [9.17, 15) is 9.90 Å². The second-order valence-electron chi connectivity index (χ2n) is 5.28. The van der Waals surface area contributed by atoms with Crippen molar-refractivity contribution in [1.29, 1.82) is 0 Å². The standard InChI is InChI=1S/C15H24N2O2/c1-11(2)9-13(10-18)17-15(19)8-7-12-5-3-4-6-14(12)16/h3-6,11,13,18H,7-10,16H2,1-2H3,(H,17,19). The summed E-state index contributed by atoms with van der Waals surface area (Å²) in [6.45, 7) is 4.12. The van der Waals surface area contributed by atoms with Crippen LogP contribution < -0.4 is 11.1 Å². The fourth-order valence-corrected chi connectivity index (χ4v) is 2.06. The van der Waals surface area contributed by atoms with Gasteiger partial charge in [-0.25, -0.2) is 0 Å². The number of aliphatic hydroxyl groups is 1. The molecule has 4 N–H and O–H groups in total. The van der Waals surface area contributed by atoms with Gasteiger partial charge in [0.15, 0.2) is 0 Å². The van der Waals surface area contributed by atoms with Gasteiger partial charge in [-0.2, -0.15) is 0 Å². The Bertz CT molecular complexity index is 405. The third-order valence-electron chi connectivity index (χ3n) is 3.02. The molecule has 106 valence electrons. The van der Waals surface area contributed by atoms with Crippen LogP contribution in [-0.4, -0.2) is 23.7 Å². The van der Waals surface area contributed by atoms with Crippen molar-refractivity contribution in [3.8, 4) is 0 Å². The fraction of sp³-hybridized carbons (Fsp3) is 0.533. The molecule has 0 fully saturated rings. The number of aryl methyl sites for hydroxylation is 1. The summed E-state index contributed by atoms with van der Waals surface area (Å²) in [5.41, 5.74) is 7.54. The zero-order valence-corrected chi connectivity index (χ0v) is 11.7. The Morgan fingerprint density at radius 3 is 2.63 bits per heavy atom. The van der Waals surface area contributed by atoms with Gasteiger partial charge in [0, 0.05) is 12.1 Å². The number of nitrogens with one attached hydrogen (secondary N) is 1. The Labute approximate surface area is 115 Å². The van der Waals surface area contributed by atoms with Crippen LogP contribution in [0.25, 0.3) is 0 Å². The molecule has 0 saturated carbocycles. The summed E-state index contributed by atoms with van der Waals surface area (Å²) in [7, 11) is 0. The maximum absolute atomic E-state index is 11.8. The number of amides is 1. The van der Waals surface area contributed by atoms with Gasteiger partial charge in [-0.3, -0.25) is 4.79 Å². The number of rotatable bonds is 7. The summed E-state index contributed by atoms with van der Waals surface area (Å²) >= 11 is 0. The van der Waals surface area contributed by atoms with Crippen molar-refractivity contribution in [1.82, 2.24) is 5.32 Å². The number of nitrogen functional groups attached to an aromatic ring is 1. The van der Waals surface area contributed by atoms with E-state index in [-0.39, 0.29) is 18.6 Å². The molecule has 0 aliphatic rings. The summed E-state index contributed by atoms with van der Waals surface area (Å²) < 4.78 is 0. The van der Waals surface area contributed by atoms with E-state index in [0.29, 0.717) is 18.8 Å². The predicted molar refractivity (Wildman–Crippen MR) is 77.6 cm³/mol. The smallest absolute Gasteiger partial charge is 0.220 e. The second-order valence-corrected chi connectivity index (χ2v) is 5.28. The van der Waals surface area contributed by atoms with Gasteiger partial charge in [0.05, 0.1) is 12.6 Å². The van der Waals surface area contributed by atoms with Crippen LogP contribution in [0.3, 0.4) is 0 Å². The molecule has 0 spiro atoms. The monoisotopic (exact) mass is 264 g/mol. The molecule has 0 radical (unpaired) electrons. The largest absolute Gasteiger partial charge is 0.399 e. The maximum Gasteiger partial charge on any atom is 0.220 e. The first-order valence-electron chi connectivity index (χ1n) is 6.76. The van der Waals surface area contributed by atoms with Crippen molar-refractivity contribution >= 4 is 11.6 Å². The van der Waals surface area contributed by atoms with E-state index in [0.717, 1.165) is 17.7 Å². The normalized spacial score (nSPS) is 12.4. The molecule has 1 rings (SSSR count). The Hall–Kier alpha value is -1.55. The molecule has 1 aromatic rings. The Morgan fingerprint density at radius 1 is 1.37 bits per heavy atom. The van der Waals surface area contributed by atoms with E-state index in [1.54, 1.807) is 0 Å². The fourth-order valence-electron chi connectivity index (χ4n) is 2.06. The zero-order chi connectivity index (χ0) is 14.3. The highest BCUT2D eigenvalue weighted by Gasteiger charge is 2.13. The second kappa shape index (κ2) is 7.79. The van der Waals surface area contributed by atoms with Gasteiger partial charge < -0.3 is 16.2 Å².